The maximum Gasteiger partial charge on any atom is 0.491 e. The van der Waals surface area contributed by atoms with Crippen molar-refractivity contribution in [3.8, 4) is 0 Å². The number of alkyl halides is 3. The summed E-state index contributed by atoms with van der Waals surface area (Å²) in [6.45, 7) is 0.493. The van der Waals surface area contributed by atoms with Crippen LogP contribution < -0.4 is 15.5 Å². The Morgan fingerprint density at radius 1 is 1.26 bits per heavy atom. The van der Waals surface area contributed by atoms with Gasteiger partial charge in [-0.25, -0.2) is 4.79 Å². The number of ether oxygens (including phenoxy) is 1. The molecule has 0 radical (unpaired) electrons. The molecule has 188 valence electrons. The van der Waals surface area contributed by atoms with Crippen molar-refractivity contribution in [2.45, 2.75) is 49.9 Å². The topological polar surface area (TPSA) is 125 Å². The molecule has 1 aromatic rings. The minimum atomic E-state index is -5.29. The number of nitrogens with one attached hydrogen (secondary N) is 2. The van der Waals surface area contributed by atoms with Gasteiger partial charge < -0.3 is 20.1 Å². The minimum Gasteiger partial charge on any atom is -0.389 e. The van der Waals surface area contributed by atoms with Crippen LogP contribution in [0.25, 0.3) is 0 Å². The van der Waals surface area contributed by atoms with Gasteiger partial charge in [-0.2, -0.15) is 13.2 Å². The summed E-state index contributed by atoms with van der Waals surface area (Å²) in [5, 5.41) is 16.2. The number of hydrogen-bond acceptors (Lipinski definition) is 8. The molecule has 2 saturated heterocycles. The number of carbonyl (C=O) groups is 4. The van der Waals surface area contributed by atoms with E-state index < -0.39 is 42.1 Å². The summed E-state index contributed by atoms with van der Waals surface area (Å²) in [7, 11) is 0. The fourth-order valence-electron chi connectivity index (χ4n) is 3.69. The van der Waals surface area contributed by atoms with Crippen LogP contribution in [0.1, 0.15) is 32.1 Å². The molecule has 1 aromatic carbocycles. The molecule has 3 rings (SSSR count). The van der Waals surface area contributed by atoms with Gasteiger partial charge in [-0.15, -0.1) is 12.4 Å². The van der Waals surface area contributed by atoms with Crippen molar-refractivity contribution in [2.75, 3.05) is 23.3 Å². The first-order valence-corrected chi connectivity index (χ1v) is 10.4. The standard InChI is InChI=1S/C20H21ClF3N3O6.ClH/c21-12-9-11(25-13-2-4-15(28)26-17(13)30)1-3-14(12)27-7-5-19(32,6-8-27)10-16(29)33-18(31)20(22,23)24;/h1,3,9,13,25,32H,2,4-8,10H2,(H,26,28,30);1H. The summed E-state index contributed by atoms with van der Waals surface area (Å²) < 4.78 is 40.4. The number of nitrogens with zero attached hydrogens (tertiary/aromatic N) is 1. The highest BCUT2D eigenvalue weighted by molar-refractivity contribution is 6.33. The second kappa shape index (κ2) is 10.8. The molecule has 0 saturated carbocycles. The highest BCUT2D eigenvalue weighted by Gasteiger charge is 2.44. The lowest BCUT2D eigenvalue weighted by Gasteiger charge is -2.39. The van der Waals surface area contributed by atoms with Gasteiger partial charge in [0.05, 0.1) is 22.7 Å². The van der Waals surface area contributed by atoms with E-state index in [2.05, 4.69) is 15.4 Å². The summed E-state index contributed by atoms with van der Waals surface area (Å²) in [6, 6.07) is 4.45. The maximum absolute atomic E-state index is 12.2. The fourth-order valence-corrected chi connectivity index (χ4v) is 3.99. The number of anilines is 2. The third-order valence-corrected chi connectivity index (χ3v) is 5.78. The Morgan fingerprint density at radius 2 is 1.91 bits per heavy atom. The Morgan fingerprint density at radius 3 is 2.47 bits per heavy atom. The molecule has 1 unspecified atom stereocenters. The van der Waals surface area contributed by atoms with Gasteiger partial charge in [0.2, 0.25) is 11.8 Å². The average Bonchev–Trinajstić information content (AvgIpc) is 2.70. The van der Waals surface area contributed by atoms with Gasteiger partial charge in [-0.1, -0.05) is 11.6 Å². The van der Waals surface area contributed by atoms with Crippen LogP contribution >= 0.6 is 24.0 Å². The number of aliphatic hydroxyl groups is 1. The smallest absolute Gasteiger partial charge is 0.389 e. The normalized spacial score (nSPS) is 20.1. The minimum absolute atomic E-state index is 0. The van der Waals surface area contributed by atoms with E-state index in [-0.39, 0.29) is 50.7 Å². The number of carbonyl (C=O) groups excluding carboxylic acids is 4. The third kappa shape index (κ3) is 6.97. The van der Waals surface area contributed by atoms with Crippen LogP contribution in [-0.2, 0) is 23.9 Å². The number of imide groups is 1. The molecular formula is C20H22Cl2F3N3O6. The lowest BCUT2D eigenvalue weighted by atomic mass is 9.88. The number of amides is 2. The van der Waals surface area contributed by atoms with Crippen LogP contribution in [-0.4, -0.2) is 59.8 Å². The summed E-state index contributed by atoms with van der Waals surface area (Å²) in [6.07, 6.45) is -5.39. The molecule has 2 heterocycles. The van der Waals surface area contributed by atoms with Crippen molar-refractivity contribution in [1.29, 1.82) is 0 Å². The van der Waals surface area contributed by atoms with E-state index in [1.807, 2.05) is 4.90 Å². The number of hydrogen-bond donors (Lipinski definition) is 3. The molecule has 0 bridgehead atoms. The first kappa shape index (κ1) is 27.7. The zero-order valence-corrected chi connectivity index (χ0v) is 19.2. The van der Waals surface area contributed by atoms with E-state index >= 15 is 0 Å². The lowest BCUT2D eigenvalue weighted by Crippen LogP contribution is -2.47. The predicted octanol–water partition coefficient (Wildman–Crippen LogP) is 2.33. The van der Waals surface area contributed by atoms with Gasteiger partial charge >= 0.3 is 18.1 Å². The molecular weight excluding hydrogens is 506 g/mol. The highest BCUT2D eigenvalue weighted by Crippen LogP contribution is 2.34. The molecule has 0 spiro atoms. The van der Waals surface area contributed by atoms with Crippen molar-refractivity contribution in [3.05, 3.63) is 23.2 Å². The molecule has 2 aliphatic heterocycles. The molecule has 2 fully saturated rings. The van der Waals surface area contributed by atoms with Gasteiger partial charge in [-0.3, -0.25) is 19.7 Å². The van der Waals surface area contributed by atoms with E-state index in [1.54, 1.807) is 18.2 Å². The van der Waals surface area contributed by atoms with E-state index in [0.717, 1.165) is 0 Å². The summed E-state index contributed by atoms with van der Waals surface area (Å²) in [4.78, 5) is 47.4. The summed E-state index contributed by atoms with van der Waals surface area (Å²) >= 11 is 6.38. The molecule has 1 atom stereocenters. The van der Waals surface area contributed by atoms with Crippen LogP contribution in [0.3, 0.4) is 0 Å². The van der Waals surface area contributed by atoms with Crippen molar-refractivity contribution in [3.63, 3.8) is 0 Å². The zero-order valence-electron chi connectivity index (χ0n) is 17.6. The quantitative estimate of drug-likeness (QED) is 0.302. The molecule has 34 heavy (non-hydrogen) atoms. The second-order valence-electron chi connectivity index (χ2n) is 7.96. The van der Waals surface area contributed by atoms with Gasteiger partial charge in [0, 0.05) is 25.2 Å². The number of halogens is 5. The number of esters is 2. The number of benzene rings is 1. The van der Waals surface area contributed by atoms with E-state index in [4.69, 9.17) is 11.6 Å². The first-order chi connectivity index (χ1) is 15.4. The SMILES string of the molecule is Cl.O=C1CCC(Nc2ccc(N3CCC(O)(CC(=O)OC(=O)C(F)(F)F)CC3)c(Cl)c2)C(=O)N1. The van der Waals surface area contributed by atoms with Crippen molar-refractivity contribution >= 4 is 59.1 Å². The van der Waals surface area contributed by atoms with Crippen LogP contribution in [0, 0.1) is 0 Å². The van der Waals surface area contributed by atoms with Crippen LogP contribution in [0.5, 0.6) is 0 Å². The van der Waals surface area contributed by atoms with E-state index in [1.165, 1.54) is 0 Å². The Bertz CT molecular complexity index is 967. The highest BCUT2D eigenvalue weighted by atomic mass is 35.5. The van der Waals surface area contributed by atoms with E-state index in [9.17, 15) is 37.5 Å². The van der Waals surface area contributed by atoms with Crippen LogP contribution in [0.2, 0.25) is 5.02 Å². The van der Waals surface area contributed by atoms with Gasteiger partial charge in [0.15, 0.2) is 0 Å². The molecule has 14 heteroatoms. The lowest BCUT2D eigenvalue weighted by molar-refractivity contribution is -0.203. The first-order valence-electron chi connectivity index (χ1n) is 10.1. The molecule has 2 amide bonds. The Labute approximate surface area is 203 Å². The third-order valence-electron chi connectivity index (χ3n) is 5.47. The van der Waals surface area contributed by atoms with Crippen LogP contribution in [0.4, 0.5) is 24.5 Å². The Hall–Kier alpha value is -2.57. The van der Waals surface area contributed by atoms with Crippen molar-refractivity contribution in [2.24, 2.45) is 0 Å². The molecule has 2 aliphatic rings. The summed E-state index contributed by atoms with van der Waals surface area (Å²) in [5.41, 5.74) is -0.412. The molecule has 3 N–H and O–H groups in total. The summed E-state index contributed by atoms with van der Waals surface area (Å²) in [5.74, 6) is -4.81. The predicted molar refractivity (Wildman–Crippen MR) is 117 cm³/mol. The van der Waals surface area contributed by atoms with Gasteiger partial charge in [-0.05, 0) is 37.5 Å². The number of piperidine rings is 2. The Kier molecular flexibility index (Phi) is 8.78. The van der Waals surface area contributed by atoms with E-state index in [0.29, 0.717) is 22.8 Å². The van der Waals surface area contributed by atoms with Crippen molar-refractivity contribution in [1.82, 2.24) is 5.32 Å². The maximum atomic E-state index is 12.2. The molecule has 0 aromatic heterocycles. The fraction of sp³-hybridized carbons (Fsp3) is 0.500. The average molecular weight is 528 g/mol. The molecule has 9 nitrogen and oxygen atoms in total. The Balaban J connectivity index is 0.00000408. The number of rotatable bonds is 5. The molecule has 0 aliphatic carbocycles. The second-order valence-corrected chi connectivity index (χ2v) is 8.37. The van der Waals surface area contributed by atoms with Gasteiger partial charge in [0.25, 0.3) is 0 Å². The van der Waals surface area contributed by atoms with Crippen LogP contribution in [0.15, 0.2) is 18.2 Å². The van der Waals surface area contributed by atoms with Gasteiger partial charge in [0.1, 0.15) is 6.04 Å². The largest absolute Gasteiger partial charge is 0.491 e. The van der Waals surface area contributed by atoms with Crippen molar-refractivity contribution < 1.29 is 42.2 Å². The zero-order chi connectivity index (χ0) is 24.4. The monoisotopic (exact) mass is 527 g/mol.